The summed E-state index contributed by atoms with van der Waals surface area (Å²) in [5.74, 6) is -2.84. The van der Waals surface area contributed by atoms with Gasteiger partial charge >= 0.3 is 260 Å². The first kappa shape index (κ1) is 34.0. The Hall–Kier alpha value is -3.52. The third-order valence-electron chi connectivity index (χ3n) is 8.10. The van der Waals surface area contributed by atoms with E-state index in [4.69, 9.17) is 0 Å². The molecule has 0 saturated carbocycles. The Labute approximate surface area is 259 Å². The molecular weight excluding hydrogens is 647 g/mol. The molecule has 43 heavy (non-hydrogen) atoms. The summed E-state index contributed by atoms with van der Waals surface area (Å²) < 4.78 is 5.31. The standard InChI is InChI=1S/C24H17O6.3C4H9.Sn/c25-21-11-9-17(13-19(21)23(27)28)7-5-15-1-2-16(4-3-15)6-8-18-10-12-22(26)20(14-18)24(29)30;3*1-3-4-2;/h1-3,5-14,25-26H,(H,27,28)(H,29,30);3*1,3-4H2,2H3;/b7-5+,8-6+;;;;. The summed E-state index contributed by atoms with van der Waals surface area (Å²) in [4.78, 5) is 23.1. The van der Waals surface area contributed by atoms with Crippen LogP contribution in [-0.2, 0) is 0 Å². The number of aromatic hydroxyl groups is 2. The zero-order valence-corrected chi connectivity index (χ0v) is 28.3. The minimum absolute atomic E-state index is 0.120. The topological polar surface area (TPSA) is 115 Å². The first-order valence-electron chi connectivity index (χ1n) is 15.3. The quantitative estimate of drug-likeness (QED) is 0.0882. The van der Waals surface area contributed by atoms with Crippen molar-refractivity contribution in [3.63, 3.8) is 0 Å². The number of unbranched alkanes of at least 4 members (excludes halogenated alkanes) is 3. The van der Waals surface area contributed by atoms with Gasteiger partial charge in [0, 0.05) is 0 Å². The number of carbonyl (C=O) groups is 2. The molecule has 3 rings (SSSR count). The second kappa shape index (κ2) is 16.4. The Morgan fingerprint density at radius 2 is 1.00 bits per heavy atom. The molecule has 0 saturated heterocycles. The van der Waals surface area contributed by atoms with E-state index in [0.29, 0.717) is 11.1 Å². The SMILES string of the molecule is CCC[CH2][Sn]([CH2]CCC)([CH2]CCC)[c]1cc(/C=C/c2ccc(O)c(C(=O)O)c2)ccc1/C=C/c1ccc(O)c(C(=O)O)c1. The number of benzene rings is 3. The van der Waals surface area contributed by atoms with E-state index in [1.54, 1.807) is 12.1 Å². The van der Waals surface area contributed by atoms with Crippen molar-refractivity contribution in [2.24, 2.45) is 0 Å². The van der Waals surface area contributed by atoms with Gasteiger partial charge in [-0.15, -0.1) is 0 Å². The van der Waals surface area contributed by atoms with Crippen LogP contribution >= 0.6 is 0 Å². The van der Waals surface area contributed by atoms with Gasteiger partial charge in [0.25, 0.3) is 0 Å². The zero-order chi connectivity index (χ0) is 31.4. The molecule has 0 unspecified atom stereocenters. The summed E-state index contributed by atoms with van der Waals surface area (Å²) in [6.45, 7) is 6.76. The van der Waals surface area contributed by atoms with Crippen molar-refractivity contribution in [2.45, 2.75) is 72.6 Å². The van der Waals surface area contributed by atoms with Crippen LogP contribution < -0.4 is 3.58 Å². The van der Waals surface area contributed by atoms with E-state index in [-0.39, 0.29) is 22.6 Å². The molecule has 228 valence electrons. The molecule has 7 heteroatoms. The summed E-state index contributed by atoms with van der Waals surface area (Å²) >= 11 is -2.94. The van der Waals surface area contributed by atoms with E-state index in [1.165, 1.54) is 66.0 Å². The fourth-order valence-electron chi connectivity index (χ4n) is 5.64. The van der Waals surface area contributed by atoms with Gasteiger partial charge in [0.2, 0.25) is 0 Å². The Balaban J connectivity index is 2.15. The molecule has 0 heterocycles. The molecule has 0 fully saturated rings. The molecule has 0 spiro atoms. The van der Waals surface area contributed by atoms with E-state index in [9.17, 15) is 30.0 Å². The van der Waals surface area contributed by atoms with Gasteiger partial charge in [-0.2, -0.15) is 0 Å². The molecule has 0 atom stereocenters. The molecule has 0 aliphatic heterocycles. The molecule has 0 aliphatic carbocycles. The van der Waals surface area contributed by atoms with Crippen molar-refractivity contribution >= 4 is 58.2 Å². The van der Waals surface area contributed by atoms with Gasteiger partial charge in [-0.1, -0.05) is 0 Å². The van der Waals surface area contributed by atoms with Gasteiger partial charge in [0.1, 0.15) is 0 Å². The molecular formula is C36H44O6Sn. The van der Waals surface area contributed by atoms with Crippen LogP contribution in [0.25, 0.3) is 24.3 Å². The minimum atomic E-state index is -2.94. The summed E-state index contributed by atoms with van der Waals surface area (Å²) in [6, 6.07) is 15.8. The maximum absolute atomic E-state index is 11.6. The number of carboxylic acid groups (broad SMARTS) is 2. The molecule has 3 aromatic carbocycles. The number of phenols is 2. The molecule has 6 nitrogen and oxygen atoms in total. The number of carboxylic acids is 2. The molecule has 0 radical (unpaired) electrons. The Kier molecular flexibility index (Phi) is 12.9. The normalized spacial score (nSPS) is 11.9. The van der Waals surface area contributed by atoms with Crippen LogP contribution in [0, 0.1) is 0 Å². The Morgan fingerprint density at radius 3 is 1.42 bits per heavy atom. The van der Waals surface area contributed by atoms with Crippen LogP contribution in [0.2, 0.25) is 13.3 Å². The molecule has 4 N–H and O–H groups in total. The second-order valence-electron chi connectivity index (χ2n) is 11.3. The third-order valence-corrected chi connectivity index (χ3v) is 23.8. The molecule has 3 aromatic rings. The number of rotatable bonds is 16. The molecule has 0 aliphatic rings. The fourth-order valence-corrected chi connectivity index (χ4v) is 22.5. The van der Waals surface area contributed by atoms with Crippen LogP contribution in [0.1, 0.15) is 102 Å². The van der Waals surface area contributed by atoms with Gasteiger partial charge in [-0.05, 0) is 0 Å². The first-order chi connectivity index (χ1) is 20.6. The number of hydrogen-bond acceptors (Lipinski definition) is 4. The van der Waals surface area contributed by atoms with Gasteiger partial charge in [-0.3, -0.25) is 0 Å². The maximum atomic E-state index is 11.6. The average molecular weight is 691 g/mol. The van der Waals surface area contributed by atoms with Crippen molar-refractivity contribution in [3.8, 4) is 11.5 Å². The summed E-state index contributed by atoms with van der Waals surface area (Å²) in [5.41, 5.74) is 3.37. The van der Waals surface area contributed by atoms with Crippen LogP contribution in [-0.4, -0.2) is 50.7 Å². The van der Waals surface area contributed by atoms with Gasteiger partial charge in [0.05, 0.1) is 0 Å². The van der Waals surface area contributed by atoms with Gasteiger partial charge < -0.3 is 0 Å². The number of hydrogen-bond donors (Lipinski definition) is 4. The van der Waals surface area contributed by atoms with Crippen molar-refractivity contribution in [3.05, 3.63) is 88.0 Å². The van der Waals surface area contributed by atoms with Gasteiger partial charge in [-0.25, -0.2) is 0 Å². The first-order valence-corrected chi connectivity index (χ1v) is 22.8. The molecule has 0 aromatic heterocycles. The monoisotopic (exact) mass is 692 g/mol. The van der Waals surface area contributed by atoms with Crippen molar-refractivity contribution in [1.82, 2.24) is 0 Å². The van der Waals surface area contributed by atoms with E-state index in [2.05, 4.69) is 45.0 Å². The number of aromatic carboxylic acids is 2. The molecule has 0 bridgehead atoms. The van der Waals surface area contributed by atoms with Crippen molar-refractivity contribution in [1.29, 1.82) is 0 Å². The van der Waals surface area contributed by atoms with Crippen LogP contribution in [0.15, 0.2) is 54.6 Å². The second-order valence-corrected chi connectivity index (χ2v) is 24.4. The van der Waals surface area contributed by atoms with E-state index >= 15 is 0 Å². The Morgan fingerprint density at radius 1 is 0.605 bits per heavy atom. The zero-order valence-electron chi connectivity index (χ0n) is 25.5. The average Bonchev–Trinajstić information content (AvgIpc) is 3.00. The van der Waals surface area contributed by atoms with Crippen molar-refractivity contribution < 1.29 is 30.0 Å². The predicted molar refractivity (Wildman–Crippen MR) is 179 cm³/mol. The summed E-state index contributed by atoms with van der Waals surface area (Å²) in [5, 5.41) is 38.7. The summed E-state index contributed by atoms with van der Waals surface area (Å²) in [7, 11) is 0. The van der Waals surface area contributed by atoms with Gasteiger partial charge in [0.15, 0.2) is 0 Å². The molecule has 0 amide bonds. The third kappa shape index (κ3) is 9.23. The van der Waals surface area contributed by atoms with Crippen LogP contribution in [0.4, 0.5) is 0 Å². The van der Waals surface area contributed by atoms with E-state index in [1.807, 2.05) is 18.2 Å². The Bertz CT molecular complexity index is 1450. The van der Waals surface area contributed by atoms with E-state index in [0.717, 1.165) is 24.8 Å². The van der Waals surface area contributed by atoms with Crippen molar-refractivity contribution in [2.75, 3.05) is 0 Å². The fraction of sp³-hybridized carbons (Fsp3) is 0.333. The predicted octanol–water partition coefficient (Wildman–Crippen LogP) is 8.89. The van der Waals surface area contributed by atoms with Crippen LogP contribution in [0.5, 0.6) is 11.5 Å². The van der Waals surface area contributed by atoms with Crippen LogP contribution in [0.3, 0.4) is 0 Å². The summed E-state index contributed by atoms with van der Waals surface area (Å²) in [6.07, 6.45) is 15.0. The van der Waals surface area contributed by atoms with E-state index < -0.39 is 30.3 Å².